The third-order valence-corrected chi connectivity index (χ3v) is 8.75. The van der Waals surface area contributed by atoms with E-state index in [2.05, 4.69) is 40.9 Å². The number of allylic oxidation sites excluding steroid dienone is 1. The number of hydrogen-bond acceptors (Lipinski definition) is 1. The van der Waals surface area contributed by atoms with E-state index in [1.165, 1.54) is 37.3 Å². The fraction of sp³-hybridized carbons (Fsp3) is 0.765. The summed E-state index contributed by atoms with van der Waals surface area (Å²) in [7, 11) is -1.73. The molecule has 0 bridgehead atoms. The molecule has 0 spiro atoms. The van der Waals surface area contributed by atoms with E-state index >= 15 is 0 Å². The van der Waals surface area contributed by atoms with Gasteiger partial charge in [0.1, 0.15) is 0 Å². The molecule has 0 aliphatic carbocycles. The van der Waals surface area contributed by atoms with E-state index in [9.17, 15) is 0 Å². The predicted molar refractivity (Wildman–Crippen MR) is 90.0 cm³/mol. The van der Waals surface area contributed by atoms with Gasteiger partial charge in [0, 0.05) is 6.10 Å². The summed E-state index contributed by atoms with van der Waals surface area (Å²) < 4.78 is 6.59. The Hall–Kier alpha value is -0.343. The average molecular weight is 283 g/mol. The van der Waals surface area contributed by atoms with Crippen LogP contribution in [0, 0.1) is 0 Å². The Morgan fingerprint density at radius 2 is 1.79 bits per heavy atom. The van der Waals surface area contributed by atoms with Gasteiger partial charge in [-0.05, 0) is 31.9 Å². The molecule has 0 saturated heterocycles. The molecule has 1 nitrogen and oxygen atoms in total. The minimum Gasteiger partial charge on any atom is -0.410 e. The van der Waals surface area contributed by atoms with Crippen molar-refractivity contribution >= 4 is 8.32 Å². The summed E-state index contributed by atoms with van der Waals surface area (Å²) in [6.45, 7) is 17.0. The fourth-order valence-corrected chi connectivity index (χ4v) is 5.74. The lowest BCUT2D eigenvalue weighted by Crippen LogP contribution is -2.42. The van der Waals surface area contributed by atoms with Gasteiger partial charge < -0.3 is 4.43 Å². The van der Waals surface area contributed by atoms with Crippen LogP contribution >= 0.6 is 0 Å². The Morgan fingerprint density at radius 1 is 1.16 bits per heavy atom. The second-order valence-corrected chi connectivity index (χ2v) is 10.1. The quantitative estimate of drug-likeness (QED) is 0.242. The summed E-state index contributed by atoms with van der Waals surface area (Å²) in [5, 5.41) is 1.29. The van der Waals surface area contributed by atoms with Crippen molar-refractivity contribution < 1.29 is 4.43 Å². The Morgan fingerprint density at radius 3 is 2.21 bits per heavy atom. The van der Waals surface area contributed by atoms with Gasteiger partial charge in [-0.1, -0.05) is 57.7 Å². The smallest absolute Gasteiger partial charge is 0.219 e. The van der Waals surface area contributed by atoms with Crippen molar-refractivity contribution in [3.05, 3.63) is 24.4 Å². The summed E-state index contributed by atoms with van der Waals surface area (Å²) in [6.07, 6.45) is 9.76. The molecule has 0 aromatic heterocycles. The van der Waals surface area contributed by atoms with Crippen molar-refractivity contribution in [1.82, 2.24) is 0 Å². The molecular formula is C17H34OSi. The average Bonchev–Trinajstić information content (AvgIpc) is 2.40. The topological polar surface area (TPSA) is 9.23 Å². The molecule has 0 aliphatic rings. The minimum atomic E-state index is -1.73. The Bertz CT molecular complexity index is 256. The maximum Gasteiger partial charge on any atom is 0.219 e. The SMILES string of the molecule is C=CCC(CCCCCC)O[Si](CC)(CC)C(=C)C. The summed E-state index contributed by atoms with van der Waals surface area (Å²) in [5.41, 5.74) is 0. The fourth-order valence-electron chi connectivity index (χ4n) is 2.65. The van der Waals surface area contributed by atoms with Crippen LogP contribution in [0.25, 0.3) is 0 Å². The molecule has 2 heteroatoms. The second kappa shape index (κ2) is 10.4. The molecule has 0 N–H and O–H groups in total. The first-order valence-electron chi connectivity index (χ1n) is 8.00. The first-order valence-corrected chi connectivity index (χ1v) is 10.3. The van der Waals surface area contributed by atoms with Crippen LogP contribution in [0.1, 0.15) is 66.2 Å². The standard InChI is InChI=1S/C17H34OSi/c1-7-11-12-13-15-17(14-8-2)18-19(9-3,10-4)16(5)6/h8,17H,2,5,7,9-15H2,1,3-4,6H3. The summed E-state index contributed by atoms with van der Waals surface area (Å²) in [6, 6.07) is 2.28. The molecule has 0 fully saturated rings. The van der Waals surface area contributed by atoms with Gasteiger partial charge in [-0.3, -0.25) is 0 Å². The largest absolute Gasteiger partial charge is 0.410 e. The van der Waals surface area contributed by atoms with Crippen LogP contribution in [-0.2, 0) is 4.43 Å². The molecule has 0 aliphatic heterocycles. The predicted octanol–water partition coefficient (Wildman–Crippen LogP) is 6.02. The zero-order chi connectivity index (χ0) is 14.7. The van der Waals surface area contributed by atoms with Gasteiger partial charge in [0.2, 0.25) is 8.32 Å². The third kappa shape index (κ3) is 6.58. The number of hydrogen-bond donors (Lipinski definition) is 0. The summed E-state index contributed by atoms with van der Waals surface area (Å²) >= 11 is 0. The number of unbranched alkanes of at least 4 members (excludes halogenated alkanes) is 3. The molecule has 19 heavy (non-hydrogen) atoms. The molecule has 0 aromatic carbocycles. The van der Waals surface area contributed by atoms with Gasteiger partial charge in [-0.25, -0.2) is 0 Å². The lowest BCUT2D eigenvalue weighted by atomic mass is 10.1. The first-order chi connectivity index (χ1) is 9.06. The zero-order valence-electron chi connectivity index (χ0n) is 13.6. The minimum absolute atomic E-state index is 0.359. The molecule has 112 valence electrons. The lowest BCUT2D eigenvalue weighted by Gasteiger charge is -2.34. The van der Waals surface area contributed by atoms with E-state index in [-0.39, 0.29) is 0 Å². The van der Waals surface area contributed by atoms with E-state index in [1.54, 1.807) is 0 Å². The van der Waals surface area contributed by atoms with Crippen LogP contribution in [-0.4, -0.2) is 14.4 Å². The van der Waals surface area contributed by atoms with Crippen LogP contribution in [0.15, 0.2) is 24.4 Å². The molecule has 1 atom stereocenters. The van der Waals surface area contributed by atoms with E-state index < -0.39 is 8.32 Å². The summed E-state index contributed by atoms with van der Waals surface area (Å²) in [4.78, 5) is 0. The van der Waals surface area contributed by atoms with Gasteiger partial charge in [0.25, 0.3) is 0 Å². The van der Waals surface area contributed by atoms with Crippen LogP contribution in [0.2, 0.25) is 12.1 Å². The van der Waals surface area contributed by atoms with Gasteiger partial charge in [-0.2, -0.15) is 0 Å². The zero-order valence-corrected chi connectivity index (χ0v) is 14.6. The highest BCUT2D eigenvalue weighted by Gasteiger charge is 2.34. The Balaban J connectivity index is 4.51. The lowest BCUT2D eigenvalue weighted by molar-refractivity contribution is 0.179. The van der Waals surface area contributed by atoms with Crippen LogP contribution in [0.3, 0.4) is 0 Å². The van der Waals surface area contributed by atoms with Crippen LogP contribution in [0.4, 0.5) is 0 Å². The molecule has 0 amide bonds. The highest BCUT2D eigenvalue weighted by atomic mass is 28.4. The highest BCUT2D eigenvalue weighted by Crippen LogP contribution is 2.28. The van der Waals surface area contributed by atoms with Crippen molar-refractivity contribution in [2.75, 3.05) is 0 Å². The van der Waals surface area contributed by atoms with Gasteiger partial charge in [0.15, 0.2) is 0 Å². The molecule has 0 heterocycles. The molecule has 0 radical (unpaired) electrons. The van der Waals surface area contributed by atoms with Gasteiger partial charge in [-0.15, -0.1) is 13.2 Å². The normalized spacial score (nSPS) is 13.3. The van der Waals surface area contributed by atoms with Crippen molar-refractivity contribution in [1.29, 1.82) is 0 Å². The van der Waals surface area contributed by atoms with Gasteiger partial charge >= 0.3 is 0 Å². The van der Waals surface area contributed by atoms with Crippen molar-refractivity contribution in [3.8, 4) is 0 Å². The van der Waals surface area contributed by atoms with E-state index in [1.807, 2.05) is 6.08 Å². The molecule has 0 saturated carbocycles. The molecule has 0 rings (SSSR count). The Kier molecular flexibility index (Phi) is 10.3. The number of rotatable bonds is 12. The van der Waals surface area contributed by atoms with Crippen molar-refractivity contribution in [2.24, 2.45) is 0 Å². The van der Waals surface area contributed by atoms with E-state index in [4.69, 9.17) is 4.43 Å². The van der Waals surface area contributed by atoms with Gasteiger partial charge in [0.05, 0.1) is 0 Å². The maximum atomic E-state index is 6.59. The second-order valence-electron chi connectivity index (χ2n) is 5.60. The van der Waals surface area contributed by atoms with Crippen LogP contribution < -0.4 is 0 Å². The highest BCUT2D eigenvalue weighted by molar-refractivity contribution is 6.80. The monoisotopic (exact) mass is 282 g/mol. The van der Waals surface area contributed by atoms with E-state index in [0.29, 0.717) is 6.10 Å². The molecule has 1 unspecified atom stereocenters. The van der Waals surface area contributed by atoms with E-state index in [0.717, 1.165) is 18.5 Å². The van der Waals surface area contributed by atoms with Crippen molar-refractivity contribution in [2.45, 2.75) is 84.4 Å². The molecular weight excluding hydrogens is 248 g/mol. The first kappa shape index (κ1) is 18.7. The van der Waals surface area contributed by atoms with Crippen molar-refractivity contribution in [3.63, 3.8) is 0 Å². The Labute approximate surface area is 122 Å². The summed E-state index contributed by atoms with van der Waals surface area (Å²) in [5.74, 6) is 0. The van der Waals surface area contributed by atoms with Crippen LogP contribution in [0.5, 0.6) is 0 Å². The molecule has 0 aromatic rings. The third-order valence-electron chi connectivity index (χ3n) is 4.12. The maximum absolute atomic E-state index is 6.59.